The minimum absolute atomic E-state index is 0.215. The van der Waals surface area contributed by atoms with Crippen molar-refractivity contribution in [1.82, 2.24) is 4.90 Å². The van der Waals surface area contributed by atoms with Crippen LogP contribution in [0, 0.1) is 5.41 Å². The largest absolute Gasteiger partial charge is 0.394 e. The second kappa shape index (κ2) is 3.86. The number of hydrogen-bond donors (Lipinski definition) is 1. The molecule has 1 saturated carbocycles. The van der Waals surface area contributed by atoms with Gasteiger partial charge in [0.25, 0.3) is 0 Å². The van der Waals surface area contributed by atoms with Gasteiger partial charge in [-0.1, -0.05) is 36.8 Å². The summed E-state index contributed by atoms with van der Waals surface area (Å²) in [6.45, 7) is 2.61. The minimum atomic E-state index is 0.215. The highest BCUT2D eigenvalue weighted by molar-refractivity contribution is 5.20. The maximum atomic E-state index is 9.53. The van der Waals surface area contributed by atoms with Gasteiger partial charge in [0.15, 0.2) is 0 Å². The molecule has 1 aliphatic carbocycles. The van der Waals surface area contributed by atoms with Crippen molar-refractivity contribution in [3.63, 3.8) is 0 Å². The zero-order valence-corrected chi connectivity index (χ0v) is 9.60. The van der Waals surface area contributed by atoms with E-state index in [1.54, 1.807) is 0 Å². The number of hydrogen-bond acceptors (Lipinski definition) is 2. The lowest BCUT2D eigenvalue weighted by molar-refractivity contribution is -0.0933. The first-order chi connectivity index (χ1) is 7.83. The Kier molecular flexibility index (Phi) is 2.49. The van der Waals surface area contributed by atoms with Crippen LogP contribution in [0.15, 0.2) is 30.3 Å². The fraction of sp³-hybridized carbons (Fsp3) is 0.571. The van der Waals surface area contributed by atoms with Crippen LogP contribution in [0.5, 0.6) is 0 Å². The first-order valence-electron chi connectivity index (χ1n) is 6.23. The summed E-state index contributed by atoms with van der Waals surface area (Å²) in [5.41, 5.74) is 1.89. The summed E-state index contributed by atoms with van der Waals surface area (Å²) in [6.07, 6.45) is 4.20. The number of aliphatic hydroxyl groups is 1. The molecule has 16 heavy (non-hydrogen) atoms. The Bertz CT molecular complexity index is 350. The van der Waals surface area contributed by atoms with Crippen molar-refractivity contribution in [1.29, 1.82) is 0 Å². The van der Waals surface area contributed by atoms with E-state index in [1.165, 1.54) is 37.9 Å². The molecule has 86 valence electrons. The normalized spacial score (nSPS) is 24.8. The van der Waals surface area contributed by atoms with E-state index in [1.807, 2.05) is 6.07 Å². The molecule has 2 nitrogen and oxygen atoms in total. The van der Waals surface area contributed by atoms with E-state index in [0.717, 1.165) is 0 Å². The molecule has 1 aromatic carbocycles. The third kappa shape index (κ3) is 1.57. The van der Waals surface area contributed by atoms with E-state index < -0.39 is 0 Å². The summed E-state index contributed by atoms with van der Waals surface area (Å²) >= 11 is 0. The second-order valence-electron chi connectivity index (χ2n) is 5.37. The Hall–Kier alpha value is -0.860. The van der Waals surface area contributed by atoms with Crippen molar-refractivity contribution >= 4 is 0 Å². The van der Waals surface area contributed by atoms with Crippen LogP contribution in [-0.2, 0) is 0 Å². The summed E-state index contributed by atoms with van der Waals surface area (Å²) in [5, 5.41) is 9.53. The summed E-state index contributed by atoms with van der Waals surface area (Å²) in [6, 6.07) is 10.6. The average molecular weight is 217 g/mol. The van der Waals surface area contributed by atoms with Crippen LogP contribution in [0.1, 0.15) is 30.9 Å². The van der Waals surface area contributed by atoms with E-state index >= 15 is 0 Å². The number of nitrogens with zero attached hydrogens (tertiary/aromatic N) is 1. The van der Waals surface area contributed by atoms with Crippen molar-refractivity contribution in [2.75, 3.05) is 19.7 Å². The van der Waals surface area contributed by atoms with Gasteiger partial charge in [0.05, 0.1) is 12.6 Å². The van der Waals surface area contributed by atoms with Crippen molar-refractivity contribution in [3.8, 4) is 0 Å². The van der Waals surface area contributed by atoms with Crippen LogP contribution in [0.25, 0.3) is 0 Å². The molecule has 0 amide bonds. The minimum Gasteiger partial charge on any atom is -0.394 e. The van der Waals surface area contributed by atoms with Crippen molar-refractivity contribution in [3.05, 3.63) is 35.9 Å². The molecule has 1 heterocycles. The third-order valence-corrected chi connectivity index (χ3v) is 4.29. The van der Waals surface area contributed by atoms with Gasteiger partial charge in [-0.2, -0.15) is 0 Å². The Morgan fingerprint density at radius 3 is 2.38 bits per heavy atom. The molecule has 1 N–H and O–H groups in total. The number of benzene rings is 1. The fourth-order valence-corrected chi connectivity index (χ4v) is 3.14. The molecule has 3 rings (SSSR count). The van der Waals surface area contributed by atoms with Gasteiger partial charge in [0.1, 0.15) is 0 Å². The molecule has 1 aliphatic heterocycles. The number of aliphatic hydroxyl groups excluding tert-OH is 1. The van der Waals surface area contributed by atoms with E-state index in [-0.39, 0.29) is 12.6 Å². The van der Waals surface area contributed by atoms with Crippen LogP contribution < -0.4 is 0 Å². The average Bonchev–Trinajstić information content (AvgIpc) is 2.21. The SMILES string of the molecule is OC[C@@H](c1ccccc1)N1CC2(CCC2)C1. The highest BCUT2D eigenvalue weighted by Crippen LogP contribution is 2.50. The maximum Gasteiger partial charge on any atom is 0.0628 e. The zero-order valence-electron chi connectivity index (χ0n) is 9.60. The van der Waals surface area contributed by atoms with Crippen molar-refractivity contribution in [2.24, 2.45) is 5.41 Å². The molecule has 0 aromatic heterocycles. The van der Waals surface area contributed by atoms with Gasteiger partial charge in [0.2, 0.25) is 0 Å². The summed E-state index contributed by atoms with van der Waals surface area (Å²) in [7, 11) is 0. The molecule has 0 unspecified atom stereocenters. The van der Waals surface area contributed by atoms with Gasteiger partial charge >= 0.3 is 0 Å². The van der Waals surface area contributed by atoms with E-state index in [4.69, 9.17) is 0 Å². The lowest BCUT2D eigenvalue weighted by Crippen LogP contribution is -2.60. The maximum absolute atomic E-state index is 9.53. The van der Waals surface area contributed by atoms with Crippen molar-refractivity contribution < 1.29 is 5.11 Å². The standard InChI is InChI=1S/C14H19NO/c16-9-13(12-5-2-1-3-6-12)15-10-14(11-15)7-4-8-14/h1-3,5-6,13,16H,4,7-11H2/t13-/m0/s1. The molecule has 1 atom stereocenters. The predicted octanol–water partition coefficient (Wildman–Crippen LogP) is 2.21. The van der Waals surface area contributed by atoms with E-state index in [9.17, 15) is 5.11 Å². The van der Waals surface area contributed by atoms with Crippen LogP contribution in [0.2, 0.25) is 0 Å². The summed E-state index contributed by atoms with van der Waals surface area (Å²) in [5.74, 6) is 0. The van der Waals surface area contributed by atoms with Gasteiger partial charge in [-0.3, -0.25) is 4.90 Å². The molecule has 0 radical (unpaired) electrons. The van der Waals surface area contributed by atoms with Crippen LogP contribution in [0.3, 0.4) is 0 Å². The molecule has 2 fully saturated rings. The highest BCUT2D eigenvalue weighted by Gasteiger charge is 2.49. The van der Waals surface area contributed by atoms with Crippen LogP contribution in [0.4, 0.5) is 0 Å². The second-order valence-corrected chi connectivity index (χ2v) is 5.37. The Morgan fingerprint density at radius 1 is 1.19 bits per heavy atom. The van der Waals surface area contributed by atoms with Crippen LogP contribution in [-0.4, -0.2) is 29.7 Å². The zero-order chi connectivity index (χ0) is 11.0. The first-order valence-corrected chi connectivity index (χ1v) is 6.23. The van der Waals surface area contributed by atoms with Gasteiger partial charge in [-0.15, -0.1) is 0 Å². The number of rotatable bonds is 3. The predicted molar refractivity (Wildman–Crippen MR) is 64.1 cm³/mol. The van der Waals surface area contributed by atoms with Gasteiger partial charge in [-0.25, -0.2) is 0 Å². The number of likely N-dealkylation sites (tertiary alicyclic amines) is 1. The lowest BCUT2D eigenvalue weighted by atomic mass is 9.63. The van der Waals surface area contributed by atoms with Crippen molar-refractivity contribution in [2.45, 2.75) is 25.3 Å². The Labute approximate surface area is 96.9 Å². The van der Waals surface area contributed by atoms with E-state index in [2.05, 4.69) is 29.2 Å². The molecule has 1 saturated heterocycles. The van der Waals surface area contributed by atoms with Gasteiger partial charge in [-0.05, 0) is 23.8 Å². The molecule has 1 aromatic rings. The molecule has 0 bridgehead atoms. The molecular weight excluding hydrogens is 198 g/mol. The third-order valence-electron chi connectivity index (χ3n) is 4.29. The summed E-state index contributed by atoms with van der Waals surface area (Å²) in [4.78, 5) is 2.43. The molecule has 1 spiro atoms. The first kappa shape index (κ1) is 10.3. The molecule has 2 heteroatoms. The fourth-order valence-electron chi connectivity index (χ4n) is 3.14. The highest BCUT2D eigenvalue weighted by atomic mass is 16.3. The van der Waals surface area contributed by atoms with Gasteiger partial charge in [0, 0.05) is 13.1 Å². The quantitative estimate of drug-likeness (QED) is 0.839. The smallest absolute Gasteiger partial charge is 0.0628 e. The topological polar surface area (TPSA) is 23.5 Å². The monoisotopic (exact) mass is 217 g/mol. The molecule has 2 aliphatic rings. The Morgan fingerprint density at radius 2 is 1.88 bits per heavy atom. The van der Waals surface area contributed by atoms with Gasteiger partial charge < -0.3 is 5.11 Å². The van der Waals surface area contributed by atoms with Crippen LogP contribution >= 0.6 is 0 Å². The lowest BCUT2D eigenvalue weighted by Gasteiger charge is -2.58. The van der Waals surface area contributed by atoms with E-state index in [0.29, 0.717) is 5.41 Å². The Balaban J connectivity index is 1.69. The molecular formula is C14H19NO. The summed E-state index contributed by atoms with van der Waals surface area (Å²) < 4.78 is 0.